The minimum absolute atomic E-state index is 0.258. The van der Waals surface area contributed by atoms with Crippen molar-refractivity contribution < 1.29 is 9.92 Å². The van der Waals surface area contributed by atoms with Crippen molar-refractivity contribution in [1.29, 1.82) is 0 Å². The summed E-state index contributed by atoms with van der Waals surface area (Å²) in [5, 5.41) is 9.33. The third kappa shape index (κ3) is 7.83. The maximum absolute atomic E-state index is 10.0. The predicted octanol–water partition coefficient (Wildman–Crippen LogP) is 3.05. The predicted molar refractivity (Wildman–Crippen MR) is 55.4 cm³/mol. The van der Waals surface area contributed by atoms with Gasteiger partial charge in [-0.2, -0.15) is 0 Å². The van der Waals surface area contributed by atoms with Crippen LogP contribution in [-0.2, 0) is 4.84 Å². The molecule has 0 bridgehead atoms. The van der Waals surface area contributed by atoms with E-state index in [1.165, 1.54) is 0 Å². The molecular formula is C10H21NO3. The standard InChI is InChI=1S/C10H21NO3/c1-4-5-10(7-6-9(2)3)8-14-11(12)13/h9-10H,4-8H2,1-3H3. The Kier molecular flexibility index (Phi) is 7.16. The molecular weight excluding hydrogens is 182 g/mol. The maximum Gasteiger partial charge on any atom is 0.294 e. The van der Waals surface area contributed by atoms with Gasteiger partial charge in [0.1, 0.15) is 0 Å². The first-order chi connectivity index (χ1) is 6.56. The summed E-state index contributed by atoms with van der Waals surface area (Å²) in [6, 6.07) is 0. The van der Waals surface area contributed by atoms with Crippen LogP contribution in [0.3, 0.4) is 0 Å². The van der Waals surface area contributed by atoms with E-state index in [1.807, 2.05) is 0 Å². The Hall–Kier alpha value is -0.800. The van der Waals surface area contributed by atoms with Gasteiger partial charge in [-0.3, -0.25) is 0 Å². The lowest BCUT2D eigenvalue weighted by molar-refractivity contribution is -0.759. The lowest BCUT2D eigenvalue weighted by atomic mass is 9.95. The fraction of sp³-hybridized carbons (Fsp3) is 1.00. The van der Waals surface area contributed by atoms with Crippen LogP contribution in [0.15, 0.2) is 0 Å². The molecule has 0 radical (unpaired) electrons. The van der Waals surface area contributed by atoms with E-state index in [-0.39, 0.29) is 6.61 Å². The van der Waals surface area contributed by atoms with Gasteiger partial charge in [-0.25, -0.2) is 0 Å². The van der Waals surface area contributed by atoms with E-state index in [2.05, 4.69) is 25.6 Å². The molecule has 0 amide bonds. The minimum atomic E-state index is -0.696. The van der Waals surface area contributed by atoms with Crippen molar-refractivity contribution in [3.05, 3.63) is 10.1 Å². The fourth-order valence-corrected chi connectivity index (χ4v) is 1.45. The van der Waals surface area contributed by atoms with Crippen molar-refractivity contribution in [2.75, 3.05) is 6.61 Å². The molecule has 4 heteroatoms. The summed E-state index contributed by atoms with van der Waals surface area (Å²) < 4.78 is 0. The molecule has 0 saturated heterocycles. The summed E-state index contributed by atoms with van der Waals surface area (Å²) in [6.07, 6.45) is 4.22. The van der Waals surface area contributed by atoms with Gasteiger partial charge in [0, 0.05) is 0 Å². The Bertz CT molecular complexity index is 159. The summed E-state index contributed by atoms with van der Waals surface area (Å²) in [5.41, 5.74) is 0. The van der Waals surface area contributed by atoms with E-state index < -0.39 is 5.09 Å². The number of nitrogens with zero attached hydrogens (tertiary/aromatic N) is 1. The van der Waals surface area contributed by atoms with E-state index in [4.69, 9.17) is 0 Å². The highest BCUT2D eigenvalue weighted by Crippen LogP contribution is 2.17. The van der Waals surface area contributed by atoms with Crippen LogP contribution in [0.2, 0.25) is 0 Å². The van der Waals surface area contributed by atoms with E-state index in [1.54, 1.807) is 0 Å². The molecule has 84 valence electrons. The first kappa shape index (κ1) is 13.2. The van der Waals surface area contributed by atoms with Crippen molar-refractivity contribution in [2.45, 2.75) is 46.5 Å². The van der Waals surface area contributed by atoms with Gasteiger partial charge in [0.15, 0.2) is 0 Å². The molecule has 0 N–H and O–H groups in total. The van der Waals surface area contributed by atoms with Crippen LogP contribution >= 0.6 is 0 Å². The van der Waals surface area contributed by atoms with E-state index >= 15 is 0 Å². The molecule has 1 atom stereocenters. The minimum Gasteiger partial charge on any atom is -0.314 e. The van der Waals surface area contributed by atoms with Crippen molar-refractivity contribution in [3.8, 4) is 0 Å². The molecule has 0 rings (SSSR count). The number of rotatable bonds is 8. The quantitative estimate of drug-likeness (QED) is 0.450. The largest absolute Gasteiger partial charge is 0.314 e. The zero-order valence-electron chi connectivity index (χ0n) is 9.36. The molecule has 14 heavy (non-hydrogen) atoms. The zero-order chi connectivity index (χ0) is 11.0. The monoisotopic (exact) mass is 203 g/mol. The van der Waals surface area contributed by atoms with Gasteiger partial charge in [-0.15, -0.1) is 10.1 Å². The molecule has 0 aliphatic heterocycles. The molecule has 0 aliphatic rings. The summed E-state index contributed by atoms with van der Waals surface area (Å²) >= 11 is 0. The van der Waals surface area contributed by atoms with Crippen LogP contribution in [0.4, 0.5) is 0 Å². The van der Waals surface area contributed by atoms with Gasteiger partial charge in [-0.1, -0.05) is 33.6 Å². The molecule has 0 aromatic rings. The Morgan fingerprint density at radius 2 is 1.93 bits per heavy atom. The summed E-state index contributed by atoms with van der Waals surface area (Å²) in [7, 11) is 0. The van der Waals surface area contributed by atoms with Crippen molar-refractivity contribution in [3.63, 3.8) is 0 Å². The van der Waals surface area contributed by atoms with Gasteiger partial charge < -0.3 is 4.84 Å². The second kappa shape index (κ2) is 7.59. The number of hydrogen-bond donors (Lipinski definition) is 0. The van der Waals surface area contributed by atoms with Crippen LogP contribution in [0, 0.1) is 22.0 Å². The number of hydrogen-bond acceptors (Lipinski definition) is 3. The second-order valence-corrected chi connectivity index (χ2v) is 4.15. The third-order valence-corrected chi connectivity index (χ3v) is 2.26. The Balaban J connectivity index is 3.70. The van der Waals surface area contributed by atoms with Gasteiger partial charge in [-0.05, 0) is 24.7 Å². The van der Waals surface area contributed by atoms with Gasteiger partial charge in [0.2, 0.25) is 0 Å². The van der Waals surface area contributed by atoms with Gasteiger partial charge in [0.25, 0.3) is 5.09 Å². The van der Waals surface area contributed by atoms with E-state index in [0.717, 1.165) is 25.7 Å². The second-order valence-electron chi connectivity index (χ2n) is 4.15. The highest BCUT2D eigenvalue weighted by Gasteiger charge is 2.10. The zero-order valence-corrected chi connectivity index (χ0v) is 9.36. The molecule has 0 saturated carbocycles. The highest BCUT2D eigenvalue weighted by atomic mass is 16.9. The van der Waals surface area contributed by atoms with Crippen LogP contribution in [-0.4, -0.2) is 11.7 Å². The lowest BCUT2D eigenvalue weighted by Gasteiger charge is -2.15. The SMILES string of the molecule is CCCC(CCC(C)C)CO[N+](=O)[O-]. The molecule has 0 spiro atoms. The van der Waals surface area contributed by atoms with Crippen LogP contribution in [0.25, 0.3) is 0 Å². The fourth-order valence-electron chi connectivity index (χ4n) is 1.45. The first-order valence-electron chi connectivity index (χ1n) is 5.33. The normalized spacial score (nSPS) is 12.9. The molecule has 0 aromatic heterocycles. The van der Waals surface area contributed by atoms with E-state index in [9.17, 15) is 10.1 Å². The lowest BCUT2D eigenvalue weighted by Crippen LogP contribution is -2.13. The Morgan fingerprint density at radius 1 is 1.29 bits per heavy atom. The maximum atomic E-state index is 10.0. The molecule has 0 aromatic carbocycles. The summed E-state index contributed by atoms with van der Waals surface area (Å²) in [6.45, 7) is 6.68. The molecule has 1 unspecified atom stereocenters. The van der Waals surface area contributed by atoms with Crippen LogP contribution in [0.5, 0.6) is 0 Å². The highest BCUT2D eigenvalue weighted by molar-refractivity contribution is 4.58. The van der Waals surface area contributed by atoms with Crippen LogP contribution in [0.1, 0.15) is 46.5 Å². The third-order valence-electron chi connectivity index (χ3n) is 2.26. The topological polar surface area (TPSA) is 52.4 Å². The molecule has 0 heterocycles. The Labute approximate surface area is 85.7 Å². The smallest absolute Gasteiger partial charge is 0.294 e. The first-order valence-corrected chi connectivity index (χ1v) is 5.33. The average molecular weight is 203 g/mol. The Morgan fingerprint density at radius 3 is 2.36 bits per heavy atom. The summed E-state index contributed by atoms with van der Waals surface area (Å²) in [5.74, 6) is 0.998. The average Bonchev–Trinajstić information content (AvgIpc) is 2.09. The van der Waals surface area contributed by atoms with Crippen molar-refractivity contribution in [2.24, 2.45) is 11.8 Å². The van der Waals surface area contributed by atoms with Gasteiger partial charge in [0.05, 0.1) is 6.61 Å². The molecule has 4 nitrogen and oxygen atoms in total. The van der Waals surface area contributed by atoms with E-state index in [0.29, 0.717) is 11.8 Å². The van der Waals surface area contributed by atoms with Crippen molar-refractivity contribution in [1.82, 2.24) is 0 Å². The molecule has 0 fully saturated rings. The van der Waals surface area contributed by atoms with Gasteiger partial charge >= 0.3 is 0 Å². The van der Waals surface area contributed by atoms with Crippen LogP contribution < -0.4 is 0 Å². The molecule has 0 aliphatic carbocycles. The van der Waals surface area contributed by atoms with Crippen molar-refractivity contribution >= 4 is 0 Å². The summed E-state index contributed by atoms with van der Waals surface area (Å²) in [4.78, 5) is 14.4.